The Morgan fingerprint density at radius 1 is 1.04 bits per heavy atom. The molecule has 0 saturated carbocycles. The molecule has 144 valence electrons. The zero-order chi connectivity index (χ0) is 19.5. The van der Waals surface area contributed by atoms with Crippen molar-refractivity contribution in [1.29, 1.82) is 0 Å². The first-order chi connectivity index (χ1) is 13.6. The van der Waals surface area contributed by atoms with Crippen molar-refractivity contribution in [3.63, 3.8) is 0 Å². The van der Waals surface area contributed by atoms with Crippen molar-refractivity contribution < 1.29 is 14.3 Å². The molecule has 28 heavy (non-hydrogen) atoms. The normalized spacial score (nSPS) is 14.3. The van der Waals surface area contributed by atoms with Gasteiger partial charge in [-0.15, -0.1) is 0 Å². The number of ether oxygens (including phenoxy) is 1. The van der Waals surface area contributed by atoms with Crippen LogP contribution in [0, 0.1) is 0 Å². The van der Waals surface area contributed by atoms with Gasteiger partial charge >= 0.3 is 5.97 Å². The van der Waals surface area contributed by atoms with E-state index in [1.54, 1.807) is 11.1 Å². The highest BCUT2D eigenvalue weighted by Crippen LogP contribution is 2.21. The Kier molecular flexibility index (Phi) is 5.21. The summed E-state index contributed by atoms with van der Waals surface area (Å²) < 4.78 is 5.26. The molecule has 1 fully saturated rings. The summed E-state index contributed by atoms with van der Waals surface area (Å²) in [6.45, 7) is 2.33. The third kappa shape index (κ3) is 3.82. The Bertz CT molecular complexity index is 1010. The highest BCUT2D eigenvalue weighted by atomic mass is 35.5. The van der Waals surface area contributed by atoms with Crippen LogP contribution in [0.1, 0.15) is 10.4 Å². The molecule has 1 aliphatic rings. The molecule has 0 bridgehead atoms. The second-order valence-electron chi connectivity index (χ2n) is 6.67. The van der Waals surface area contributed by atoms with E-state index in [1.807, 2.05) is 48.5 Å². The minimum atomic E-state index is -0.497. The van der Waals surface area contributed by atoms with Gasteiger partial charge in [0, 0.05) is 54.0 Å². The van der Waals surface area contributed by atoms with Crippen molar-refractivity contribution in [3.8, 4) is 0 Å². The van der Waals surface area contributed by atoms with E-state index in [4.69, 9.17) is 16.3 Å². The van der Waals surface area contributed by atoms with Crippen LogP contribution in [0.2, 0.25) is 5.02 Å². The predicted octanol–water partition coefficient (Wildman–Crippen LogP) is 3.33. The number of nitrogens with zero attached hydrogens (tertiary/aromatic N) is 2. The summed E-state index contributed by atoms with van der Waals surface area (Å²) in [5.41, 5.74) is 2.34. The Morgan fingerprint density at radius 2 is 1.82 bits per heavy atom. The number of hydrogen-bond donors (Lipinski definition) is 1. The topological polar surface area (TPSA) is 65.6 Å². The van der Waals surface area contributed by atoms with Crippen molar-refractivity contribution in [2.45, 2.75) is 0 Å². The van der Waals surface area contributed by atoms with Gasteiger partial charge in [0.2, 0.25) is 0 Å². The number of nitrogens with one attached hydrogen (secondary N) is 1. The number of rotatable bonds is 4. The number of aromatic nitrogens is 1. The van der Waals surface area contributed by atoms with Crippen molar-refractivity contribution in [3.05, 3.63) is 65.3 Å². The van der Waals surface area contributed by atoms with Gasteiger partial charge in [-0.25, -0.2) is 4.79 Å². The number of halogens is 1. The maximum Gasteiger partial charge on any atom is 0.340 e. The lowest BCUT2D eigenvalue weighted by molar-refractivity contribution is -0.134. The van der Waals surface area contributed by atoms with E-state index in [9.17, 15) is 9.59 Å². The fourth-order valence-corrected chi connectivity index (χ4v) is 3.61. The maximum absolute atomic E-state index is 12.4. The number of aromatic amines is 1. The molecular weight excluding hydrogens is 378 g/mol. The third-order valence-electron chi connectivity index (χ3n) is 4.94. The number of para-hydroxylation sites is 1. The Balaban J connectivity index is 1.30. The number of benzene rings is 2. The molecule has 3 aromatic rings. The van der Waals surface area contributed by atoms with Gasteiger partial charge in [0.15, 0.2) is 6.61 Å². The largest absolute Gasteiger partial charge is 0.452 e. The van der Waals surface area contributed by atoms with E-state index >= 15 is 0 Å². The molecule has 2 aromatic carbocycles. The molecule has 0 aliphatic carbocycles. The Hall–Kier alpha value is -2.99. The summed E-state index contributed by atoms with van der Waals surface area (Å²) in [7, 11) is 0. The first-order valence-corrected chi connectivity index (χ1v) is 9.51. The van der Waals surface area contributed by atoms with Gasteiger partial charge in [0.1, 0.15) is 0 Å². The second kappa shape index (κ2) is 7.94. The van der Waals surface area contributed by atoms with Gasteiger partial charge in [-0.2, -0.15) is 0 Å². The molecular formula is C21H20ClN3O3. The molecule has 1 N–H and O–H groups in total. The fourth-order valence-electron chi connectivity index (χ4n) is 3.42. The number of amides is 1. The number of anilines is 1. The maximum atomic E-state index is 12.4. The number of hydrogen-bond acceptors (Lipinski definition) is 4. The molecule has 7 heteroatoms. The second-order valence-corrected chi connectivity index (χ2v) is 7.11. The quantitative estimate of drug-likeness (QED) is 0.686. The number of carbonyl (C=O) groups excluding carboxylic acids is 2. The van der Waals surface area contributed by atoms with Crippen molar-refractivity contribution in [1.82, 2.24) is 9.88 Å². The molecule has 6 nitrogen and oxygen atoms in total. The molecule has 0 atom stereocenters. The summed E-state index contributed by atoms with van der Waals surface area (Å²) in [5, 5.41) is 1.48. The Morgan fingerprint density at radius 3 is 2.61 bits per heavy atom. The molecule has 1 amide bonds. The molecule has 0 spiro atoms. The van der Waals surface area contributed by atoms with Gasteiger partial charge < -0.3 is 19.5 Å². The van der Waals surface area contributed by atoms with E-state index in [2.05, 4.69) is 9.88 Å². The van der Waals surface area contributed by atoms with Crippen molar-refractivity contribution >= 4 is 40.1 Å². The Labute approximate surface area is 167 Å². The molecule has 4 rings (SSSR count). The van der Waals surface area contributed by atoms with Crippen molar-refractivity contribution in [2.24, 2.45) is 0 Å². The number of piperazine rings is 1. The summed E-state index contributed by atoms with van der Waals surface area (Å²) in [6.07, 6.45) is 1.61. The van der Waals surface area contributed by atoms with Crippen LogP contribution < -0.4 is 4.90 Å². The van der Waals surface area contributed by atoms with E-state index in [-0.39, 0.29) is 12.5 Å². The lowest BCUT2D eigenvalue weighted by Crippen LogP contribution is -2.49. The van der Waals surface area contributed by atoms with Gasteiger partial charge in [0.25, 0.3) is 5.91 Å². The van der Waals surface area contributed by atoms with Gasteiger partial charge in [-0.3, -0.25) is 4.79 Å². The zero-order valence-corrected chi connectivity index (χ0v) is 16.0. The summed E-state index contributed by atoms with van der Waals surface area (Å²) in [4.78, 5) is 31.7. The number of fused-ring (bicyclic) bond motifs is 1. The van der Waals surface area contributed by atoms with Crippen molar-refractivity contribution in [2.75, 3.05) is 37.7 Å². The minimum absolute atomic E-state index is 0.182. The third-order valence-corrected chi connectivity index (χ3v) is 5.18. The summed E-state index contributed by atoms with van der Waals surface area (Å²) in [5.74, 6) is -0.678. The number of H-pyrrole nitrogens is 1. The molecule has 2 heterocycles. The monoisotopic (exact) mass is 397 g/mol. The molecule has 1 aliphatic heterocycles. The van der Waals surface area contributed by atoms with Crippen LogP contribution in [-0.2, 0) is 9.53 Å². The first-order valence-electron chi connectivity index (χ1n) is 9.13. The SMILES string of the molecule is O=C(OCC(=O)N1CCN(c2cccc(Cl)c2)CC1)c1c[nH]c2ccccc12. The van der Waals surface area contributed by atoms with Crippen LogP contribution in [0.4, 0.5) is 5.69 Å². The van der Waals surface area contributed by atoms with E-state index in [0.29, 0.717) is 36.8 Å². The van der Waals surface area contributed by atoms with Crippen LogP contribution in [0.3, 0.4) is 0 Å². The lowest BCUT2D eigenvalue weighted by Gasteiger charge is -2.36. The van der Waals surface area contributed by atoms with Crippen LogP contribution in [0.15, 0.2) is 54.7 Å². The highest BCUT2D eigenvalue weighted by Gasteiger charge is 2.23. The van der Waals surface area contributed by atoms with Gasteiger partial charge in [-0.1, -0.05) is 35.9 Å². The van der Waals surface area contributed by atoms with Gasteiger partial charge in [0.05, 0.1) is 5.56 Å². The highest BCUT2D eigenvalue weighted by molar-refractivity contribution is 6.30. The summed E-state index contributed by atoms with van der Waals surface area (Å²) in [6, 6.07) is 15.2. The minimum Gasteiger partial charge on any atom is -0.452 e. The molecule has 0 radical (unpaired) electrons. The van der Waals surface area contributed by atoms with Gasteiger partial charge in [-0.05, 0) is 24.3 Å². The van der Waals surface area contributed by atoms with E-state index in [1.165, 1.54) is 0 Å². The first kappa shape index (κ1) is 18.4. The average molecular weight is 398 g/mol. The fraction of sp³-hybridized carbons (Fsp3) is 0.238. The number of esters is 1. The van der Waals surface area contributed by atoms with Crippen LogP contribution in [0.25, 0.3) is 10.9 Å². The smallest absolute Gasteiger partial charge is 0.340 e. The number of carbonyl (C=O) groups is 2. The van der Waals surface area contributed by atoms with E-state index in [0.717, 1.165) is 16.6 Å². The zero-order valence-electron chi connectivity index (χ0n) is 15.2. The van der Waals surface area contributed by atoms with Crippen LogP contribution >= 0.6 is 11.6 Å². The van der Waals surface area contributed by atoms with Crippen LogP contribution in [0.5, 0.6) is 0 Å². The van der Waals surface area contributed by atoms with Crippen LogP contribution in [-0.4, -0.2) is 54.5 Å². The average Bonchev–Trinajstić information content (AvgIpc) is 3.16. The standard InChI is InChI=1S/C21H20ClN3O3/c22-15-4-3-5-16(12-15)24-8-10-25(11-9-24)20(26)14-28-21(27)18-13-23-19-7-2-1-6-17(18)19/h1-7,12-13,23H,8-11,14H2. The molecule has 1 saturated heterocycles. The summed E-state index contributed by atoms with van der Waals surface area (Å²) >= 11 is 6.05. The predicted molar refractivity (Wildman–Crippen MR) is 109 cm³/mol. The lowest BCUT2D eigenvalue weighted by atomic mass is 10.2. The molecule has 0 unspecified atom stereocenters. The molecule has 1 aromatic heterocycles. The van der Waals surface area contributed by atoms with E-state index < -0.39 is 5.97 Å².